The highest BCUT2D eigenvalue weighted by atomic mass is 35.5. The maximum atomic E-state index is 13.5. The first kappa shape index (κ1) is 24.1. The predicted molar refractivity (Wildman–Crippen MR) is 116 cm³/mol. The largest absolute Gasteiger partial charge is 0.325 e. The van der Waals surface area contributed by atoms with Crippen molar-refractivity contribution < 1.29 is 14.0 Å². The number of urea groups is 1. The Kier molecular flexibility index (Phi) is 8.18. The van der Waals surface area contributed by atoms with Crippen molar-refractivity contribution in [1.82, 2.24) is 20.5 Å². The van der Waals surface area contributed by atoms with Crippen LogP contribution >= 0.6 is 24.8 Å². The van der Waals surface area contributed by atoms with Gasteiger partial charge in [0.15, 0.2) is 0 Å². The average molecular weight is 455 g/mol. The van der Waals surface area contributed by atoms with Gasteiger partial charge >= 0.3 is 6.03 Å². The highest BCUT2D eigenvalue weighted by Crippen LogP contribution is 2.35. The van der Waals surface area contributed by atoms with Gasteiger partial charge in [-0.25, -0.2) is 9.18 Å². The van der Waals surface area contributed by atoms with Crippen LogP contribution in [0.15, 0.2) is 48.7 Å². The highest BCUT2D eigenvalue weighted by Gasteiger charge is 2.55. The van der Waals surface area contributed by atoms with Crippen molar-refractivity contribution >= 4 is 36.8 Å². The van der Waals surface area contributed by atoms with Crippen molar-refractivity contribution in [1.29, 1.82) is 0 Å². The minimum atomic E-state index is -1.01. The van der Waals surface area contributed by atoms with Crippen LogP contribution in [0.3, 0.4) is 0 Å². The van der Waals surface area contributed by atoms with E-state index >= 15 is 0 Å². The van der Waals surface area contributed by atoms with Crippen molar-refractivity contribution in [2.45, 2.75) is 31.3 Å². The molecule has 30 heavy (non-hydrogen) atoms. The van der Waals surface area contributed by atoms with Crippen LogP contribution in [0.2, 0.25) is 0 Å². The molecule has 2 aliphatic rings. The van der Waals surface area contributed by atoms with E-state index in [4.69, 9.17) is 0 Å². The summed E-state index contributed by atoms with van der Waals surface area (Å²) in [6, 6.07) is 11.2. The number of benzene rings is 1. The van der Waals surface area contributed by atoms with Gasteiger partial charge in [-0.15, -0.1) is 24.8 Å². The second-order valence-corrected chi connectivity index (χ2v) is 7.44. The van der Waals surface area contributed by atoms with Crippen LogP contribution < -0.4 is 10.6 Å². The van der Waals surface area contributed by atoms with Gasteiger partial charge in [0.25, 0.3) is 5.91 Å². The van der Waals surface area contributed by atoms with E-state index in [0.29, 0.717) is 12.1 Å². The third kappa shape index (κ3) is 4.74. The van der Waals surface area contributed by atoms with Crippen molar-refractivity contribution in [3.8, 4) is 0 Å². The standard InChI is InChI=1S/C21H23FN4O2.2ClH/c22-17-6-4-15(5-7-17)13-21(16-8-11-23-12-9-16)19(27)26(20(28)25-21)14-18-3-1-2-10-24-18;;/h1-7,10,16,23H,8-9,11-14H2,(H,25,28);2*1H. The van der Waals surface area contributed by atoms with Crippen LogP contribution in [0.4, 0.5) is 9.18 Å². The van der Waals surface area contributed by atoms with E-state index in [1.54, 1.807) is 30.5 Å². The lowest BCUT2D eigenvalue weighted by atomic mass is 9.74. The van der Waals surface area contributed by atoms with Crippen molar-refractivity contribution in [3.63, 3.8) is 0 Å². The van der Waals surface area contributed by atoms with Crippen LogP contribution in [0, 0.1) is 11.7 Å². The van der Waals surface area contributed by atoms with E-state index in [-0.39, 0.29) is 49.0 Å². The lowest BCUT2D eigenvalue weighted by Crippen LogP contribution is -2.57. The smallest absolute Gasteiger partial charge is 0.322 e. The number of pyridine rings is 1. The fraction of sp³-hybridized carbons (Fsp3) is 0.381. The number of amides is 3. The van der Waals surface area contributed by atoms with E-state index in [1.165, 1.54) is 17.0 Å². The fourth-order valence-electron chi connectivity index (χ4n) is 4.22. The first-order chi connectivity index (χ1) is 13.6. The van der Waals surface area contributed by atoms with E-state index in [2.05, 4.69) is 15.6 Å². The molecule has 9 heteroatoms. The third-order valence-electron chi connectivity index (χ3n) is 5.68. The van der Waals surface area contributed by atoms with Crippen LogP contribution in [0.1, 0.15) is 24.1 Å². The predicted octanol–water partition coefficient (Wildman–Crippen LogP) is 3.10. The number of rotatable bonds is 5. The number of hydrogen-bond acceptors (Lipinski definition) is 4. The number of halogens is 3. The Morgan fingerprint density at radius 2 is 1.77 bits per heavy atom. The molecule has 2 N–H and O–H groups in total. The Hall–Kier alpha value is -2.22. The normalized spacial score (nSPS) is 21.6. The Balaban J connectivity index is 0.00000160. The van der Waals surface area contributed by atoms with Gasteiger partial charge in [-0.2, -0.15) is 0 Å². The van der Waals surface area contributed by atoms with Crippen LogP contribution in [-0.2, 0) is 17.8 Å². The number of carbonyl (C=O) groups excluding carboxylic acids is 2. The summed E-state index contributed by atoms with van der Waals surface area (Å²) in [6.07, 6.45) is 3.59. The summed E-state index contributed by atoms with van der Waals surface area (Å²) in [7, 11) is 0. The molecule has 1 atom stereocenters. The zero-order chi connectivity index (χ0) is 19.6. The summed E-state index contributed by atoms with van der Waals surface area (Å²) in [5.74, 6) is -0.526. The molecule has 0 radical (unpaired) electrons. The summed E-state index contributed by atoms with van der Waals surface area (Å²) in [5.41, 5.74) is 0.480. The molecule has 162 valence electrons. The van der Waals surface area contributed by atoms with Crippen LogP contribution in [0.25, 0.3) is 0 Å². The Morgan fingerprint density at radius 1 is 1.07 bits per heavy atom. The minimum absolute atomic E-state index is 0. The average Bonchev–Trinajstić information content (AvgIpc) is 2.96. The molecule has 2 aliphatic heterocycles. The quantitative estimate of drug-likeness (QED) is 0.680. The number of aromatic nitrogens is 1. The van der Waals surface area contributed by atoms with Gasteiger partial charge < -0.3 is 10.6 Å². The molecule has 1 aromatic carbocycles. The zero-order valence-electron chi connectivity index (χ0n) is 16.3. The summed E-state index contributed by atoms with van der Waals surface area (Å²) in [5, 5.41) is 6.32. The monoisotopic (exact) mass is 454 g/mol. The summed E-state index contributed by atoms with van der Waals surface area (Å²) in [4.78, 5) is 31.8. The molecule has 3 heterocycles. The number of imide groups is 1. The number of hydrogen-bond donors (Lipinski definition) is 2. The van der Waals surface area contributed by atoms with Gasteiger partial charge in [-0.05, 0) is 61.7 Å². The van der Waals surface area contributed by atoms with Crippen LogP contribution in [-0.4, -0.2) is 40.5 Å². The van der Waals surface area contributed by atoms with Crippen molar-refractivity contribution in [2.24, 2.45) is 5.92 Å². The van der Waals surface area contributed by atoms with E-state index < -0.39 is 11.6 Å². The second kappa shape index (κ2) is 10.2. The van der Waals surface area contributed by atoms with E-state index in [0.717, 1.165) is 31.5 Å². The van der Waals surface area contributed by atoms with Crippen molar-refractivity contribution in [3.05, 3.63) is 65.7 Å². The van der Waals surface area contributed by atoms with Gasteiger partial charge in [0.1, 0.15) is 11.4 Å². The second-order valence-electron chi connectivity index (χ2n) is 7.44. The summed E-state index contributed by atoms with van der Waals surface area (Å²) < 4.78 is 13.3. The SMILES string of the molecule is Cl.Cl.O=C1NC(Cc2ccc(F)cc2)(C2CCNCC2)C(=O)N1Cc1ccccn1. The van der Waals surface area contributed by atoms with Gasteiger partial charge in [0, 0.05) is 12.6 Å². The molecule has 2 fully saturated rings. The third-order valence-corrected chi connectivity index (χ3v) is 5.68. The van der Waals surface area contributed by atoms with Gasteiger partial charge in [0.05, 0.1) is 12.2 Å². The van der Waals surface area contributed by atoms with Crippen LogP contribution in [0.5, 0.6) is 0 Å². The van der Waals surface area contributed by atoms with E-state index in [9.17, 15) is 14.0 Å². The highest BCUT2D eigenvalue weighted by molar-refractivity contribution is 6.07. The lowest BCUT2D eigenvalue weighted by Gasteiger charge is -2.38. The van der Waals surface area contributed by atoms with Gasteiger partial charge in [-0.3, -0.25) is 14.7 Å². The number of carbonyl (C=O) groups is 2. The minimum Gasteiger partial charge on any atom is -0.322 e. The van der Waals surface area contributed by atoms with E-state index in [1.807, 2.05) is 6.07 Å². The molecule has 2 aromatic rings. The van der Waals surface area contributed by atoms with Crippen molar-refractivity contribution in [2.75, 3.05) is 13.1 Å². The molecular formula is C21H25Cl2FN4O2. The lowest BCUT2D eigenvalue weighted by molar-refractivity contribution is -0.134. The number of nitrogens with one attached hydrogen (secondary N) is 2. The molecule has 4 rings (SSSR count). The molecule has 0 spiro atoms. The maximum Gasteiger partial charge on any atom is 0.325 e. The topological polar surface area (TPSA) is 74.3 Å². The molecule has 1 aromatic heterocycles. The molecule has 0 aliphatic carbocycles. The summed E-state index contributed by atoms with van der Waals surface area (Å²) >= 11 is 0. The Morgan fingerprint density at radius 3 is 2.40 bits per heavy atom. The molecule has 6 nitrogen and oxygen atoms in total. The number of nitrogens with zero attached hydrogens (tertiary/aromatic N) is 2. The summed E-state index contributed by atoms with van der Waals surface area (Å²) in [6.45, 7) is 1.75. The molecular weight excluding hydrogens is 430 g/mol. The maximum absolute atomic E-state index is 13.5. The molecule has 1 unspecified atom stereocenters. The number of piperidine rings is 1. The molecule has 3 amide bonds. The van der Waals surface area contributed by atoms with Gasteiger partial charge in [-0.1, -0.05) is 18.2 Å². The Labute approximate surface area is 187 Å². The first-order valence-electron chi connectivity index (χ1n) is 9.58. The zero-order valence-corrected chi connectivity index (χ0v) is 18.0. The molecule has 0 saturated carbocycles. The molecule has 2 saturated heterocycles. The first-order valence-corrected chi connectivity index (χ1v) is 9.58. The van der Waals surface area contributed by atoms with Gasteiger partial charge in [0.2, 0.25) is 0 Å². The Bertz CT molecular complexity index is 863. The molecule has 0 bridgehead atoms. The fourth-order valence-corrected chi connectivity index (χ4v) is 4.22.